The van der Waals surface area contributed by atoms with Crippen LogP contribution in [0.3, 0.4) is 0 Å². The van der Waals surface area contributed by atoms with Crippen molar-refractivity contribution in [2.45, 2.75) is 272 Å². The number of carbonyl (C=O) groups excluding carboxylic acids is 1. The minimum absolute atomic E-state index is 0.0329. The van der Waals surface area contributed by atoms with Gasteiger partial charge in [-0.15, -0.1) is 0 Å². The zero-order chi connectivity index (χ0) is 40.9. The van der Waals surface area contributed by atoms with Crippen molar-refractivity contribution in [3.63, 3.8) is 0 Å². The van der Waals surface area contributed by atoms with E-state index in [4.69, 9.17) is 4.74 Å². The van der Waals surface area contributed by atoms with Crippen molar-refractivity contribution in [2.24, 2.45) is 43.3 Å². The Bertz CT molecular complexity index is 902. The summed E-state index contributed by atoms with van der Waals surface area (Å²) in [6.07, 6.45) is 21.0. The Morgan fingerprint density at radius 1 is 0.288 bits per heavy atom. The van der Waals surface area contributed by atoms with Gasteiger partial charge in [-0.2, -0.15) is 0 Å². The summed E-state index contributed by atoms with van der Waals surface area (Å²) in [6, 6.07) is 0. The molecule has 0 aliphatic carbocycles. The van der Waals surface area contributed by atoms with E-state index in [1.165, 1.54) is 19.3 Å². The molecule has 312 valence electrons. The van der Waals surface area contributed by atoms with E-state index in [2.05, 4.69) is 138 Å². The van der Waals surface area contributed by atoms with Crippen molar-refractivity contribution in [3.8, 4) is 0 Å². The van der Waals surface area contributed by atoms with Crippen molar-refractivity contribution >= 4 is 5.97 Å². The Hall–Kier alpha value is -0.530. The minimum Gasteiger partial charge on any atom is -0.457 e. The molecule has 0 aliphatic heterocycles. The SMILES string of the molecule is CCC(CC)(CC)C(CC)(CC)C(CC)(CC)C(CC)(CC)C(CC)(CC)C(=O)OC(C(CC)(CC)CC)(C(CC)(CC)CC)C(CC)(CC)CC. The first-order valence-electron chi connectivity index (χ1n) is 23.8. The fourth-order valence-corrected chi connectivity index (χ4v) is 16.2. The highest BCUT2D eigenvalue weighted by Gasteiger charge is 2.74. The Kier molecular flexibility index (Phi) is 20.4. The fourth-order valence-electron chi connectivity index (χ4n) is 16.2. The van der Waals surface area contributed by atoms with Gasteiger partial charge < -0.3 is 4.74 Å². The van der Waals surface area contributed by atoms with Crippen LogP contribution in [0.5, 0.6) is 0 Å². The Morgan fingerprint density at radius 2 is 0.519 bits per heavy atom. The topological polar surface area (TPSA) is 26.3 Å². The van der Waals surface area contributed by atoms with Crippen molar-refractivity contribution in [1.82, 2.24) is 0 Å². The van der Waals surface area contributed by atoms with Crippen LogP contribution in [0, 0.1) is 43.3 Å². The predicted octanol–water partition coefficient (Wildman–Crippen LogP) is 17.4. The van der Waals surface area contributed by atoms with Gasteiger partial charge in [0.2, 0.25) is 0 Å². The van der Waals surface area contributed by atoms with Crippen LogP contribution >= 0.6 is 0 Å². The quantitative estimate of drug-likeness (QED) is 0.0716. The molecule has 0 aromatic carbocycles. The first-order valence-corrected chi connectivity index (χ1v) is 23.8. The summed E-state index contributed by atoms with van der Waals surface area (Å²) in [5, 5.41) is 0. The minimum atomic E-state index is -0.604. The van der Waals surface area contributed by atoms with Gasteiger partial charge >= 0.3 is 5.97 Å². The summed E-state index contributed by atoms with van der Waals surface area (Å²) in [7, 11) is 0. The molecule has 0 unspecified atom stereocenters. The third-order valence-corrected chi connectivity index (χ3v) is 19.6. The molecule has 0 aromatic heterocycles. The molecular weight excluding hydrogens is 633 g/mol. The van der Waals surface area contributed by atoms with Gasteiger partial charge in [0.15, 0.2) is 0 Å². The van der Waals surface area contributed by atoms with Crippen LogP contribution in [-0.4, -0.2) is 11.6 Å². The molecule has 0 aliphatic rings. The molecule has 0 fully saturated rings. The third kappa shape index (κ3) is 6.52. The first-order chi connectivity index (χ1) is 24.6. The number of hydrogen-bond donors (Lipinski definition) is 0. The average molecular weight is 733 g/mol. The zero-order valence-electron chi connectivity index (χ0n) is 40.0. The van der Waals surface area contributed by atoms with Crippen LogP contribution in [0.4, 0.5) is 0 Å². The molecule has 0 aromatic rings. The van der Waals surface area contributed by atoms with E-state index in [9.17, 15) is 0 Å². The lowest BCUT2D eigenvalue weighted by molar-refractivity contribution is -0.293. The highest BCUT2D eigenvalue weighted by atomic mass is 16.6. The van der Waals surface area contributed by atoms with E-state index in [0.717, 1.165) is 109 Å². The lowest BCUT2D eigenvalue weighted by atomic mass is 9.33. The Labute approximate surface area is 330 Å². The summed E-state index contributed by atoms with van der Waals surface area (Å²) < 4.78 is 8.20. The van der Waals surface area contributed by atoms with E-state index in [-0.39, 0.29) is 43.9 Å². The summed E-state index contributed by atoms with van der Waals surface area (Å²) in [6.45, 7) is 48.8. The van der Waals surface area contributed by atoms with E-state index in [0.29, 0.717) is 0 Å². The average Bonchev–Trinajstić information content (AvgIpc) is 3.20. The molecule has 2 nitrogen and oxygen atoms in total. The molecule has 0 amide bonds. The lowest BCUT2D eigenvalue weighted by Crippen LogP contribution is -2.72. The standard InChI is InChI=1S/C50H100O2/c1-21-42(22-2,23-3)47(35-15,36-16)49(39-19,40-20)48(37-17,38-18)46(33-13,34-14)41(51)52-50(43(24-4,25-5)26-6,44(27-7,28-8)29-9)45(30-10,31-11)32-12/h21-40H2,1-20H3. The van der Waals surface area contributed by atoms with Crippen LogP contribution in [0.25, 0.3) is 0 Å². The van der Waals surface area contributed by atoms with E-state index in [1.807, 2.05) is 0 Å². The molecule has 0 spiro atoms. The third-order valence-electron chi connectivity index (χ3n) is 19.6. The maximum Gasteiger partial charge on any atom is 0.313 e. The molecule has 2 heteroatoms. The fraction of sp³-hybridized carbons (Fsp3) is 0.980. The molecule has 0 saturated carbocycles. The number of carbonyl (C=O) groups is 1. The molecule has 0 bridgehead atoms. The second kappa shape index (κ2) is 20.6. The summed E-state index contributed by atoms with van der Waals surface area (Å²) >= 11 is 0. The summed E-state index contributed by atoms with van der Waals surface area (Å²) in [4.78, 5) is 16.7. The molecule has 0 saturated heterocycles. The van der Waals surface area contributed by atoms with Crippen LogP contribution < -0.4 is 0 Å². The van der Waals surface area contributed by atoms with Gasteiger partial charge in [-0.25, -0.2) is 0 Å². The number of hydrogen-bond acceptors (Lipinski definition) is 2. The predicted molar refractivity (Wildman–Crippen MR) is 234 cm³/mol. The van der Waals surface area contributed by atoms with E-state index in [1.54, 1.807) is 0 Å². The molecule has 52 heavy (non-hydrogen) atoms. The highest BCUT2D eigenvalue weighted by molar-refractivity contribution is 5.79. The maximum absolute atomic E-state index is 16.7. The largest absolute Gasteiger partial charge is 0.457 e. The van der Waals surface area contributed by atoms with Crippen molar-refractivity contribution in [2.75, 3.05) is 0 Å². The number of esters is 1. The first kappa shape index (κ1) is 51.5. The number of rotatable bonds is 29. The number of ether oxygens (including phenoxy) is 1. The van der Waals surface area contributed by atoms with Crippen molar-refractivity contribution in [1.29, 1.82) is 0 Å². The summed E-state index contributed by atoms with van der Waals surface area (Å²) in [5.41, 5.74) is -1.49. The van der Waals surface area contributed by atoms with Gasteiger partial charge in [0.25, 0.3) is 0 Å². The Morgan fingerprint density at radius 3 is 0.692 bits per heavy atom. The lowest BCUT2D eigenvalue weighted by Gasteiger charge is -2.72. The van der Waals surface area contributed by atoms with Crippen LogP contribution in [0.15, 0.2) is 0 Å². The molecular formula is C50H100O2. The second-order valence-electron chi connectivity index (χ2n) is 17.6. The molecule has 0 N–H and O–H groups in total. The van der Waals surface area contributed by atoms with Crippen molar-refractivity contribution < 1.29 is 9.53 Å². The van der Waals surface area contributed by atoms with Gasteiger partial charge in [-0.1, -0.05) is 138 Å². The zero-order valence-corrected chi connectivity index (χ0v) is 40.0. The van der Waals surface area contributed by atoms with Crippen LogP contribution in [0.1, 0.15) is 267 Å². The highest BCUT2D eigenvalue weighted by Crippen LogP contribution is 2.76. The smallest absolute Gasteiger partial charge is 0.313 e. The van der Waals surface area contributed by atoms with E-state index < -0.39 is 11.0 Å². The molecule has 0 radical (unpaired) electrons. The van der Waals surface area contributed by atoms with Crippen LogP contribution in [0.2, 0.25) is 0 Å². The van der Waals surface area contributed by atoms with Crippen molar-refractivity contribution in [3.05, 3.63) is 0 Å². The van der Waals surface area contributed by atoms with Gasteiger partial charge in [-0.3, -0.25) is 4.79 Å². The van der Waals surface area contributed by atoms with Gasteiger partial charge in [0.05, 0.1) is 5.41 Å². The van der Waals surface area contributed by atoms with Crippen LogP contribution in [-0.2, 0) is 9.53 Å². The van der Waals surface area contributed by atoms with E-state index >= 15 is 4.79 Å². The molecule has 0 heterocycles. The van der Waals surface area contributed by atoms with Gasteiger partial charge in [0, 0.05) is 16.2 Å². The molecule has 0 atom stereocenters. The Balaban J connectivity index is 9.23. The maximum atomic E-state index is 16.7. The monoisotopic (exact) mass is 733 g/mol. The normalized spacial score (nSPS) is 14.6. The van der Waals surface area contributed by atoms with Gasteiger partial charge in [0.1, 0.15) is 5.60 Å². The van der Waals surface area contributed by atoms with Gasteiger partial charge in [-0.05, 0) is 150 Å². The second-order valence-corrected chi connectivity index (χ2v) is 17.6. The summed E-state index contributed by atoms with van der Waals surface area (Å²) in [5.74, 6) is 0.155. The molecule has 0 rings (SSSR count).